The van der Waals surface area contributed by atoms with Crippen molar-refractivity contribution in [3.8, 4) is 0 Å². The minimum absolute atomic E-state index is 0.191. The molecular weight excluding hydrogens is 176 g/mol. The summed E-state index contributed by atoms with van der Waals surface area (Å²) in [5.41, 5.74) is 3.44. The Labute approximate surface area is 86.4 Å². The van der Waals surface area contributed by atoms with E-state index in [0.717, 1.165) is 19.4 Å². The molecule has 0 atom stereocenters. The minimum Gasteiger partial charge on any atom is -0.374 e. The first-order chi connectivity index (χ1) is 6.55. The first-order valence-electron chi connectivity index (χ1n) is 5.65. The molecule has 3 N–H and O–H groups in total. The zero-order chi connectivity index (χ0) is 10.2. The zero-order valence-electron chi connectivity index (χ0n) is 9.31. The number of hydrogen-bond acceptors (Lipinski definition) is 3. The molecule has 2 rings (SSSR count). The lowest BCUT2D eigenvalue weighted by Gasteiger charge is -2.36. The van der Waals surface area contributed by atoms with Crippen molar-refractivity contribution in [3.63, 3.8) is 0 Å². The summed E-state index contributed by atoms with van der Waals surface area (Å²) < 4.78 is 6.02. The molecule has 1 saturated carbocycles. The van der Waals surface area contributed by atoms with Crippen LogP contribution in [-0.4, -0.2) is 18.2 Å². The molecule has 2 fully saturated rings. The second kappa shape index (κ2) is 3.47. The lowest BCUT2D eigenvalue weighted by molar-refractivity contribution is -0.0311. The van der Waals surface area contributed by atoms with Crippen LogP contribution in [0.2, 0.25) is 0 Å². The van der Waals surface area contributed by atoms with Gasteiger partial charge in [-0.15, -0.1) is 0 Å². The van der Waals surface area contributed by atoms with Gasteiger partial charge in [-0.2, -0.15) is 0 Å². The molecule has 1 aliphatic carbocycles. The van der Waals surface area contributed by atoms with E-state index in [1.54, 1.807) is 0 Å². The summed E-state index contributed by atoms with van der Waals surface area (Å²) in [7, 11) is 0. The largest absolute Gasteiger partial charge is 0.374 e. The average molecular weight is 198 g/mol. The summed E-state index contributed by atoms with van der Waals surface area (Å²) in [5.74, 6) is 5.45. The van der Waals surface area contributed by atoms with Crippen LogP contribution < -0.4 is 11.3 Å². The molecule has 1 spiro atoms. The molecule has 0 aromatic carbocycles. The molecule has 3 heteroatoms. The van der Waals surface area contributed by atoms with Gasteiger partial charge in [0.1, 0.15) is 0 Å². The smallest absolute Gasteiger partial charge is 0.0690 e. The van der Waals surface area contributed by atoms with Gasteiger partial charge in [-0.3, -0.25) is 11.3 Å². The van der Waals surface area contributed by atoms with Crippen molar-refractivity contribution in [2.75, 3.05) is 6.61 Å². The number of hydrogen-bond donors (Lipinski definition) is 2. The van der Waals surface area contributed by atoms with Gasteiger partial charge in [0.2, 0.25) is 0 Å². The molecule has 0 bridgehead atoms. The van der Waals surface area contributed by atoms with Gasteiger partial charge in [-0.1, -0.05) is 13.8 Å². The summed E-state index contributed by atoms with van der Waals surface area (Å²) in [4.78, 5) is 0. The second-order valence-corrected chi connectivity index (χ2v) is 5.75. The quantitative estimate of drug-likeness (QED) is 0.497. The molecule has 14 heavy (non-hydrogen) atoms. The minimum atomic E-state index is 0.191. The van der Waals surface area contributed by atoms with Crippen molar-refractivity contribution in [3.05, 3.63) is 0 Å². The van der Waals surface area contributed by atoms with E-state index in [9.17, 15) is 0 Å². The van der Waals surface area contributed by atoms with Crippen LogP contribution >= 0.6 is 0 Å². The lowest BCUT2D eigenvalue weighted by Crippen LogP contribution is -2.43. The van der Waals surface area contributed by atoms with Crippen molar-refractivity contribution in [2.45, 2.75) is 57.6 Å². The van der Waals surface area contributed by atoms with E-state index in [1.165, 1.54) is 19.3 Å². The van der Waals surface area contributed by atoms with Crippen LogP contribution in [0.3, 0.4) is 0 Å². The van der Waals surface area contributed by atoms with Gasteiger partial charge in [-0.25, -0.2) is 0 Å². The van der Waals surface area contributed by atoms with Crippen LogP contribution in [0.4, 0.5) is 0 Å². The Kier molecular flexibility index (Phi) is 2.58. The SMILES string of the molecule is CC1(C)COC2(CCC(NN)CC2)C1. The number of hydrazine groups is 1. The van der Waals surface area contributed by atoms with E-state index in [1.807, 2.05) is 0 Å². The molecule has 0 radical (unpaired) electrons. The van der Waals surface area contributed by atoms with E-state index in [4.69, 9.17) is 10.6 Å². The number of rotatable bonds is 1. The second-order valence-electron chi connectivity index (χ2n) is 5.75. The number of ether oxygens (including phenoxy) is 1. The monoisotopic (exact) mass is 198 g/mol. The van der Waals surface area contributed by atoms with Crippen LogP contribution in [0.25, 0.3) is 0 Å². The van der Waals surface area contributed by atoms with Gasteiger partial charge in [0, 0.05) is 6.04 Å². The molecule has 2 aliphatic rings. The summed E-state index contributed by atoms with van der Waals surface area (Å²) in [6, 6.07) is 0.507. The van der Waals surface area contributed by atoms with Crippen molar-refractivity contribution in [1.29, 1.82) is 0 Å². The number of nitrogens with two attached hydrogens (primary N) is 1. The van der Waals surface area contributed by atoms with Gasteiger partial charge in [0.25, 0.3) is 0 Å². The summed E-state index contributed by atoms with van der Waals surface area (Å²) in [6.07, 6.45) is 5.88. The molecule has 1 aliphatic heterocycles. The molecule has 1 saturated heterocycles. The van der Waals surface area contributed by atoms with E-state index >= 15 is 0 Å². The third-order valence-corrected chi connectivity index (χ3v) is 3.70. The third-order valence-electron chi connectivity index (χ3n) is 3.70. The van der Waals surface area contributed by atoms with Crippen LogP contribution in [0, 0.1) is 5.41 Å². The Morgan fingerprint density at radius 2 is 1.93 bits per heavy atom. The standard InChI is InChI=1S/C11H22N2O/c1-10(2)7-11(14-8-10)5-3-9(13-12)4-6-11/h9,13H,3-8,12H2,1-2H3. The van der Waals surface area contributed by atoms with Crippen LogP contribution in [0.15, 0.2) is 0 Å². The maximum atomic E-state index is 6.02. The van der Waals surface area contributed by atoms with E-state index in [0.29, 0.717) is 11.5 Å². The topological polar surface area (TPSA) is 47.3 Å². The molecule has 82 valence electrons. The van der Waals surface area contributed by atoms with Crippen molar-refractivity contribution < 1.29 is 4.74 Å². The highest BCUT2D eigenvalue weighted by Gasteiger charge is 2.45. The van der Waals surface area contributed by atoms with Gasteiger partial charge in [0.05, 0.1) is 12.2 Å². The Hall–Kier alpha value is -0.120. The van der Waals surface area contributed by atoms with Gasteiger partial charge < -0.3 is 4.74 Å². The normalized spacial score (nSPS) is 41.8. The third kappa shape index (κ3) is 1.95. The Bertz CT molecular complexity index is 207. The Morgan fingerprint density at radius 1 is 1.29 bits per heavy atom. The summed E-state index contributed by atoms with van der Waals surface area (Å²) in [5, 5.41) is 0. The highest BCUT2D eigenvalue weighted by Crippen LogP contribution is 2.46. The highest BCUT2D eigenvalue weighted by molar-refractivity contribution is 4.97. The van der Waals surface area contributed by atoms with Gasteiger partial charge >= 0.3 is 0 Å². The molecule has 0 aromatic heterocycles. The van der Waals surface area contributed by atoms with Crippen molar-refractivity contribution in [2.24, 2.45) is 11.3 Å². The number of nitrogens with one attached hydrogen (secondary N) is 1. The zero-order valence-corrected chi connectivity index (χ0v) is 9.31. The van der Waals surface area contributed by atoms with E-state index in [2.05, 4.69) is 19.3 Å². The molecule has 0 aromatic rings. The fourth-order valence-corrected chi connectivity index (χ4v) is 2.95. The average Bonchev–Trinajstić information content (AvgIpc) is 2.44. The lowest BCUT2D eigenvalue weighted by atomic mass is 9.75. The van der Waals surface area contributed by atoms with Crippen LogP contribution in [0.5, 0.6) is 0 Å². The Morgan fingerprint density at radius 3 is 2.36 bits per heavy atom. The highest BCUT2D eigenvalue weighted by atomic mass is 16.5. The first kappa shape index (κ1) is 10.4. The van der Waals surface area contributed by atoms with E-state index < -0.39 is 0 Å². The molecule has 3 nitrogen and oxygen atoms in total. The van der Waals surface area contributed by atoms with E-state index in [-0.39, 0.29) is 5.60 Å². The van der Waals surface area contributed by atoms with Crippen molar-refractivity contribution in [1.82, 2.24) is 5.43 Å². The molecule has 0 amide bonds. The molecule has 1 heterocycles. The fraction of sp³-hybridized carbons (Fsp3) is 1.00. The van der Waals surface area contributed by atoms with Crippen LogP contribution in [-0.2, 0) is 4.74 Å². The Balaban J connectivity index is 1.94. The summed E-state index contributed by atoms with van der Waals surface area (Å²) in [6.45, 7) is 5.53. The van der Waals surface area contributed by atoms with Crippen molar-refractivity contribution >= 4 is 0 Å². The van der Waals surface area contributed by atoms with Crippen LogP contribution in [0.1, 0.15) is 46.0 Å². The molecule has 0 unspecified atom stereocenters. The van der Waals surface area contributed by atoms with Gasteiger partial charge in [-0.05, 0) is 37.5 Å². The molecular formula is C11H22N2O. The van der Waals surface area contributed by atoms with Gasteiger partial charge in [0.15, 0.2) is 0 Å². The maximum Gasteiger partial charge on any atom is 0.0690 e. The first-order valence-corrected chi connectivity index (χ1v) is 5.65. The maximum absolute atomic E-state index is 6.02. The predicted molar refractivity (Wildman–Crippen MR) is 56.7 cm³/mol. The summed E-state index contributed by atoms with van der Waals surface area (Å²) >= 11 is 0. The fourth-order valence-electron chi connectivity index (χ4n) is 2.95. The predicted octanol–water partition coefficient (Wildman–Crippen LogP) is 1.58.